The van der Waals surface area contributed by atoms with Gasteiger partial charge in [-0.15, -0.1) is 0 Å². The van der Waals surface area contributed by atoms with E-state index < -0.39 is 28.5 Å². The summed E-state index contributed by atoms with van der Waals surface area (Å²) in [7, 11) is -2.78. The second-order valence-electron chi connectivity index (χ2n) is 9.48. The number of anilines is 1. The summed E-state index contributed by atoms with van der Waals surface area (Å²) in [6.45, 7) is 3.66. The smallest absolute Gasteiger partial charge is 0.264 e. The highest BCUT2D eigenvalue weighted by atomic mass is 35.5. The van der Waals surface area contributed by atoms with Gasteiger partial charge in [0.2, 0.25) is 11.8 Å². The lowest BCUT2D eigenvalue weighted by molar-refractivity contribution is -0.140. The highest BCUT2D eigenvalue weighted by molar-refractivity contribution is 7.92. The van der Waals surface area contributed by atoms with Crippen molar-refractivity contribution in [2.24, 2.45) is 0 Å². The molecule has 3 aromatic carbocycles. The molecule has 0 aliphatic heterocycles. The zero-order valence-corrected chi connectivity index (χ0v) is 26.7. The summed E-state index contributed by atoms with van der Waals surface area (Å²) in [5.74, 6) is -0.575. The van der Waals surface area contributed by atoms with Gasteiger partial charge in [0.25, 0.3) is 10.0 Å². The Bertz CT molecular complexity index is 1490. The third-order valence-corrected chi connectivity index (χ3v) is 9.41. The summed E-state index contributed by atoms with van der Waals surface area (Å²) in [5.41, 5.74) is 0.787. The largest absolute Gasteiger partial charge is 0.495 e. The maximum Gasteiger partial charge on any atom is 0.264 e. The quantitative estimate of drug-likeness (QED) is 0.198. The topological polar surface area (TPSA) is 96.0 Å². The number of rotatable bonds is 14. The third-order valence-electron chi connectivity index (χ3n) is 6.59. The number of hydrogen-bond donors (Lipinski definition) is 1. The number of carbonyl (C=O) groups excluding carboxylic acids is 2. The van der Waals surface area contributed by atoms with Crippen LogP contribution in [0.3, 0.4) is 0 Å². The molecule has 1 N–H and O–H groups in total. The number of hydrogen-bond acceptors (Lipinski definition) is 5. The molecule has 0 radical (unpaired) electrons. The maximum atomic E-state index is 14.1. The van der Waals surface area contributed by atoms with Crippen molar-refractivity contribution in [3.63, 3.8) is 0 Å². The molecule has 3 rings (SSSR count). The second-order valence-corrected chi connectivity index (χ2v) is 12.6. The molecule has 0 fully saturated rings. The molecule has 2 amide bonds. The number of nitrogens with one attached hydrogen (secondary N) is 1. The number of benzene rings is 3. The van der Waals surface area contributed by atoms with Crippen LogP contribution in [0.4, 0.5) is 5.69 Å². The van der Waals surface area contributed by atoms with Crippen LogP contribution in [0.15, 0.2) is 71.6 Å². The Morgan fingerprint density at radius 2 is 1.64 bits per heavy atom. The molecule has 226 valence electrons. The van der Waals surface area contributed by atoms with Gasteiger partial charge in [-0.25, -0.2) is 8.42 Å². The fraction of sp³-hybridized carbons (Fsp3) is 0.333. The van der Waals surface area contributed by atoms with Crippen molar-refractivity contribution in [3.05, 3.63) is 87.4 Å². The Balaban J connectivity index is 2.07. The summed E-state index contributed by atoms with van der Waals surface area (Å²) >= 11 is 18.7. The van der Waals surface area contributed by atoms with E-state index in [1.165, 1.54) is 42.3 Å². The van der Waals surface area contributed by atoms with Crippen LogP contribution in [0.25, 0.3) is 0 Å². The number of carbonyl (C=O) groups is 2. The van der Waals surface area contributed by atoms with E-state index in [4.69, 9.17) is 39.5 Å². The van der Waals surface area contributed by atoms with Gasteiger partial charge in [0.05, 0.1) is 32.8 Å². The lowest BCUT2D eigenvalue weighted by Crippen LogP contribution is -2.52. The van der Waals surface area contributed by atoms with Crippen molar-refractivity contribution in [1.29, 1.82) is 0 Å². The van der Waals surface area contributed by atoms with Crippen molar-refractivity contribution in [2.75, 3.05) is 24.5 Å². The van der Waals surface area contributed by atoms with E-state index in [0.717, 1.165) is 17.1 Å². The minimum absolute atomic E-state index is 0.00196. The zero-order valence-electron chi connectivity index (χ0n) is 23.6. The standard InChI is InChI=1S/C30H34Cl3N3O5S/c1-4-6-16-34-30(38)27(5-2)35(19-21-12-14-24(31)25(32)17-21)29(37)20-36(22-13-15-28(41-3)26(33)18-22)42(39,40)23-10-8-7-9-11-23/h7-15,17-18,27H,4-6,16,19-20H2,1-3H3,(H,34,38)/t27-/m0/s1. The summed E-state index contributed by atoms with van der Waals surface area (Å²) < 4.78 is 34.0. The van der Waals surface area contributed by atoms with Crippen LogP contribution in [0.1, 0.15) is 38.7 Å². The predicted octanol–water partition coefficient (Wildman–Crippen LogP) is 6.57. The van der Waals surface area contributed by atoms with Crippen LogP contribution in [0.2, 0.25) is 15.1 Å². The Labute approximate surface area is 262 Å². The number of halogens is 3. The first kappa shape index (κ1) is 33.5. The molecule has 1 atom stereocenters. The van der Waals surface area contributed by atoms with Gasteiger partial charge in [-0.2, -0.15) is 0 Å². The fourth-order valence-electron chi connectivity index (χ4n) is 4.32. The van der Waals surface area contributed by atoms with E-state index in [-0.39, 0.29) is 28.1 Å². The maximum absolute atomic E-state index is 14.1. The van der Waals surface area contributed by atoms with E-state index in [1.54, 1.807) is 43.3 Å². The van der Waals surface area contributed by atoms with Crippen LogP contribution >= 0.6 is 34.8 Å². The molecule has 8 nitrogen and oxygen atoms in total. The predicted molar refractivity (Wildman–Crippen MR) is 168 cm³/mol. The molecule has 0 saturated heterocycles. The molecule has 0 bridgehead atoms. The van der Waals surface area contributed by atoms with Gasteiger partial charge in [-0.3, -0.25) is 13.9 Å². The number of unbranched alkanes of at least 4 members (excludes halogenated alkanes) is 1. The molecule has 0 spiro atoms. The molecule has 0 aliphatic carbocycles. The molecule has 3 aromatic rings. The molecule has 0 saturated carbocycles. The summed E-state index contributed by atoms with van der Waals surface area (Å²) in [4.78, 5) is 28.8. The second kappa shape index (κ2) is 15.5. The number of ether oxygens (including phenoxy) is 1. The molecule has 0 aliphatic rings. The van der Waals surface area contributed by atoms with Gasteiger partial charge >= 0.3 is 0 Å². The molecule has 0 heterocycles. The van der Waals surface area contributed by atoms with E-state index >= 15 is 0 Å². The average Bonchev–Trinajstić information content (AvgIpc) is 2.98. The summed E-state index contributed by atoms with van der Waals surface area (Å²) in [6.07, 6.45) is 1.97. The van der Waals surface area contributed by atoms with Gasteiger partial charge in [0, 0.05) is 13.1 Å². The molecular formula is C30H34Cl3N3O5S. The zero-order chi connectivity index (χ0) is 30.9. The van der Waals surface area contributed by atoms with Crippen LogP contribution < -0.4 is 14.4 Å². The number of nitrogens with zero attached hydrogens (tertiary/aromatic N) is 2. The highest BCUT2D eigenvalue weighted by Crippen LogP contribution is 2.32. The fourth-order valence-corrected chi connectivity index (χ4v) is 6.32. The van der Waals surface area contributed by atoms with Gasteiger partial charge in [0.15, 0.2) is 0 Å². The normalized spacial score (nSPS) is 12.0. The van der Waals surface area contributed by atoms with Gasteiger partial charge < -0.3 is 15.0 Å². The molecule has 0 aromatic heterocycles. The first-order valence-electron chi connectivity index (χ1n) is 13.5. The van der Waals surface area contributed by atoms with Crippen molar-refractivity contribution >= 4 is 62.3 Å². The Hall–Kier alpha value is -2.98. The number of sulfonamides is 1. The van der Waals surface area contributed by atoms with Gasteiger partial charge in [-0.1, -0.05) is 79.3 Å². The van der Waals surface area contributed by atoms with Crippen LogP contribution in [0.5, 0.6) is 5.75 Å². The lowest BCUT2D eigenvalue weighted by Gasteiger charge is -2.33. The van der Waals surface area contributed by atoms with Crippen molar-refractivity contribution < 1.29 is 22.7 Å². The summed E-state index contributed by atoms with van der Waals surface area (Å²) in [5, 5.41) is 3.71. The summed E-state index contributed by atoms with van der Waals surface area (Å²) in [6, 6.07) is 16.3. The van der Waals surface area contributed by atoms with Crippen LogP contribution in [0, 0.1) is 0 Å². The van der Waals surface area contributed by atoms with Crippen molar-refractivity contribution in [1.82, 2.24) is 10.2 Å². The van der Waals surface area contributed by atoms with Crippen molar-refractivity contribution in [2.45, 2.75) is 50.6 Å². The lowest BCUT2D eigenvalue weighted by atomic mass is 10.1. The van der Waals surface area contributed by atoms with Crippen LogP contribution in [-0.4, -0.2) is 51.4 Å². The highest BCUT2D eigenvalue weighted by Gasteiger charge is 2.34. The Kier molecular flexibility index (Phi) is 12.4. The van der Waals surface area contributed by atoms with Gasteiger partial charge in [-0.05, 0) is 60.9 Å². The minimum atomic E-state index is -4.23. The Morgan fingerprint density at radius 3 is 2.24 bits per heavy atom. The first-order valence-corrected chi connectivity index (χ1v) is 16.0. The third kappa shape index (κ3) is 8.31. The van der Waals surface area contributed by atoms with Gasteiger partial charge in [0.1, 0.15) is 18.3 Å². The van der Waals surface area contributed by atoms with E-state index in [2.05, 4.69) is 5.32 Å². The SMILES string of the molecule is CCCCNC(=O)[C@H](CC)N(Cc1ccc(Cl)c(Cl)c1)C(=O)CN(c1ccc(OC)c(Cl)c1)S(=O)(=O)c1ccccc1. The monoisotopic (exact) mass is 653 g/mol. The van der Waals surface area contributed by atoms with E-state index in [9.17, 15) is 18.0 Å². The van der Waals surface area contributed by atoms with Crippen LogP contribution in [-0.2, 0) is 26.2 Å². The average molecular weight is 655 g/mol. The molecule has 12 heteroatoms. The number of amides is 2. The molecule has 42 heavy (non-hydrogen) atoms. The molecule has 0 unspecified atom stereocenters. The van der Waals surface area contributed by atoms with E-state index in [1.807, 2.05) is 6.92 Å². The molecular weight excluding hydrogens is 621 g/mol. The van der Waals surface area contributed by atoms with E-state index in [0.29, 0.717) is 34.3 Å². The van der Waals surface area contributed by atoms with Crippen molar-refractivity contribution in [3.8, 4) is 5.75 Å². The Morgan fingerprint density at radius 1 is 0.929 bits per heavy atom. The first-order chi connectivity index (χ1) is 20.0. The number of methoxy groups -OCH3 is 1. The minimum Gasteiger partial charge on any atom is -0.495 e.